The van der Waals surface area contributed by atoms with Crippen molar-refractivity contribution in [2.45, 2.75) is 56.6 Å². The fourth-order valence-electron chi connectivity index (χ4n) is 5.70. The zero-order chi connectivity index (χ0) is 24.0. The van der Waals surface area contributed by atoms with Crippen LogP contribution in [-0.2, 0) is 4.74 Å². The first-order valence-electron chi connectivity index (χ1n) is 12.4. The minimum atomic E-state index is -0.226. The van der Waals surface area contributed by atoms with E-state index in [1.807, 2.05) is 13.0 Å². The molecule has 3 aromatic heterocycles. The maximum atomic E-state index is 13.1. The summed E-state index contributed by atoms with van der Waals surface area (Å²) in [5.74, 6) is 1.69. The number of hydrogen-bond acceptors (Lipinski definition) is 8. The number of rotatable bonds is 8. The third kappa shape index (κ3) is 4.20. The molecule has 35 heavy (non-hydrogen) atoms. The number of ether oxygens (including phenoxy) is 2. The van der Waals surface area contributed by atoms with Crippen LogP contribution >= 0.6 is 0 Å². The number of methoxy groups -OCH3 is 1. The van der Waals surface area contributed by atoms with Gasteiger partial charge in [0.2, 0.25) is 0 Å². The quantitative estimate of drug-likeness (QED) is 0.509. The summed E-state index contributed by atoms with van der Waals surface area (Å²) < 4.78 is 11.1. The number of hydrogen-bond donors (Lipinski definition) is 2. The van der Waals surface area contributed by atoms with Gasteiger partial charge in [-0.25, -0.2) is 4.98 Å². The van der Waals surface area contributed by atoms with E-state index in [4.69, 9.17) is 9.47 Å². The molecule has 10 nitrogen and oxygen atoms in total. The lowest BCUT2D eigenvalue weighted by atomic mass is 9.50. The van der Waals surface area contributed by atoms with Crippen molar-refractivity contribution in [3.05, 3.63) is 35.8 Å². The van der Waals surface area contributed by atoms with Gasteiger partial charge in [0.1, 0.15) is 17.6 Å². The smallest absolute Gasteiger partial charge is 0.319 e. The van der Waals surface area contributed by atoms with Crippen LogP contribution in [0.5, 0.6) is 6.01 Å². The van der Waals surface area contributed by atoms with Crippen molar-refractivity contribution in [2.24, 2.45) is 5.92 Å². The zero-order valence-electron chi connectivity index (χ0n) is 20.2. The number of carbonyl (C=O) groups is 1. The highest BCUT2D eigenvalue weighted by Crippen LogP contribution is 2.57. The predicted octanol–water partition coefficient (Wildman–Crippen LogP) is 2.83. The standard InChI is InChI=1S/C25H31N7O3/c1-15(14-34-2)35-24-27-19(23(33)29-25-11-16(12-25)13-25)10-20(28-24)32-8-5-17(6-9-32)21-18-4-3-7-26-22(18)31-30-21/h3-4,7,10,15-17H,5-6,8-9,11-14H2,1-2H3,(H,29,33)(H,26,30,31)/t15-,16?,25?/m1/s1. The topological polar surface area (TPSA) is 118 Å². The summed E-state index contributed by atoms with van der Waals surface area (Å²) in [4.78, 5) is 28.8. The molecule has 3 aromatic rings. The lowest BCUT2D eigenvalue weighted by Crippen LogP contribution is -2.68. The first kappa shape index (κ1) is 22.2. The molecule has 2 bridgehead atoms. The molecule has 1 saturated heterocycles. The van der Waals surface area contributed by atoms with Gasteiger partial charge in [0.15, 0.2) is 5.65 Å². The number of aromatic nitrogens is 5. The molecule has 184 valence electrons. The number of pyridine rings is 1. The maximum absolute atomic E-state index is 13.1. The lowest BCUT2D eigenvalue weighted by molar-refractivity contribution is -0.0440. The number of carbonyl (C=O) groups excluding carboxylic acids is 1. The van der Waals surface area contributed by atoms with Gasteiger partial charge in [-0.05, 0) is 57.1 Å². The summed E-state index contributed by atoms with van der Waals surface area (Å²) in [5.41, 5.74) is 2.24. The second-order valence-electron chi connectivity index (χ2n) is 10.3. The van der Waals surface area contributed by atoms with Gasteiger partial charge in [-0.15, -0.1) is 0 Å². The molecule has 1 amide bonds. The van der Waals surface area contributed by atoms with Gasteiger partial charge in [0, 0.05) is 49.3 Å². The van der Waals surface area contributed by atoms with Crippen LogP contribution in [-0.4, -0.2) is 69.5 Å². The summed E-state index contributed by atoms with van der Waals surface area (Å²) >= 11 is 0. The molecule has 1 atom stereocenters. The fourth-order valence-corrected chi connectivity index (χ4v) is 5.70. The number of fused-ring (bicyclic) bond motifs is 1. The SMILES string of the molecule is COC[C@@H](C)Oc1nc(C(=O)NC23CC(C2)C3)cc(N2CCC(c3n[nH]c4ncccc34)CC2)n1. The van der Waals surface area contributed by atoms with Crippen LogP contribution in [0.25, 0.3) is 11.0 Å². The molecule has 3 saturated carbocycles. The van der Waals surface area contributed by atoms with Crippen molar-refractivity contribution in [2.75, 3.05) is 31.7 Å². The first-order valence-corrected chi connectivity index (χ1v) is 12.4. The summed E-state index contributed by atoms with van der Waals surface area (Å²) in [7, 11) is 1.63. The Morgan fingerprint density at radius 2 is 2.09 bits per heavy atom. The molecule has 0 radical (unpaired) electrons. The molecule has 3 aliphatic carbocycles. The maximum Gasteiger partial charge on any atom is 0.319 e. The minimum absolute atomic E-state index is 0.0171. The van der Waals surface area contributed by atoms with Crippen LogP contribution in [0.3, 0.4) is 0 Å². The monoisotopic (exact) mass is 477 g/mol. The Bertz CT molecular complexity index is 1220. The number of amides is 1. The van der Waals surface area contributed by atoms with Gasteiger partial charge < -0.3 is 19.7 Å². The molecule has 0 aromatic carbocycles. The Labute approximate surface area is 203 Å². The van der Waals surface area contributed by atoms with Gasteiger partial charge in [-0.2, -0.15) is 15.1 Å². The van der Waals surface area contributed by atoms with Crippen molar-refractivity contribution in [3.63, 3.8) is 0 Å². The summed E-state index contributed by atoms with van der Waals surface area (Å²) in [5, 5.41) is 11.9. The average Bonchev–Trinajstić information content (AvgIpc) is 3.25. The van der Waals surface area contributed by atoms with E-state index in [2.05, 4.69) is 41.4 Å². The highest BCUT2D eigenvalue weighted by molar-refractivity contribution is 5.94. The van der Waals surface area contributed by atoms with Crippen molar-refractivity contribution in [1.82, 2.24) is 30.5 Å². The second-order valence-corrected chi connectivity index (χ2v) is 10.3. The largest absolute Gasteiger partial charge is 0.458 e. The van der Waals surface area contributed by atoms with Crippen molar-refractivity contribution in [3.8, 4) is 6.01 Å². The van der Waals surface area contributed by atoms with Crippen LogP contribution in [0.1, 0.15) is 61.1 Å². The number of anilines is 1. The molecule has 4 fully saturated rings. The van der Waals surface area contributed by atoms with E-state index in [-0.39, 0.29) is 23.6 Å². The zero-order valence-corrected chi connectivity index (χ0v) is 20.2. The van der Waals surface area contributed by atoms with Gasteiger partial charge in [0.05, 0.1) is 12.3 Å². The molecule has 2 N–H and O–H groups in total. The van der Waals surface area contributed by atoms with Crippen LogP contribution < -0.4 is 15.0 Å². The van der Waals surface area contributed by atoms with E-state index in [0.29, 0.717) is 18.2 Å². The Morgan fingerprint density at radius 3 is 2.80 bits per heavy atom. The Morgan fingerprint density at radius 1 is 1.29 bits per heavy atom. The normalized spacial score (nSPS) is 24.5. The first-order chi connectivity index (χ1) is 17.0. The third-order valence-electron chi connectivity index (χ3n) is 7.62. The van der Waals surface area contributed by atoms with E-state index in [1.165, 1.54) is 0 Å². The molecule has 4 aliphatic rings. The summed E-state index contributed by atoms with van der Waals surface area (Å²) in [6.07, 6.45) is 6.65. The molecular formula is C25H31N7O3. The lowest BCUT2D eigenvalue weighted by Gasteiger charge is -2.61. The molecule has 1 aliphatic heterocycles. The van der Waals surface area contributed by atoms with Crippen LogP contribution in [0.4, 0.5) is 5.82 Å². The van der Waals surface area contributed by atoms with E-state index < -0.39 is 0 Å². The van der Waals surface area contributed by atoms with Crippen molar-refractivity contribution >= 4 is 22.8 Å². The average molecular weight is 478 g/mol. The van der Waals surface area contributed by atoms with Gasteiger partial charge in [-0.3, -0.25) is 9.89 Å². The van der Waals surface area contributed by atoms with Crippen LogP contribution in [0.15, 0.2) is 24.4 Å². The van der Waals surface area contributed by atoms with E-state index in [1.54, 1.807) is 19.4 Å². The van der Waals surface area contributed by atoms with Crippen LogP contribution in [0, 0.1) is 5.92 Å². The molecule has 0 unspecified atom stereocenters. The van der Waals surface area contributed by atoms with E-state index in [0.717, 1.165) is 73.7 Å². The molecule has 0 spiro atoms. The number of nitrogens with zero attached hydrogens (tertiary/aromatic N) is 5. The summed E-state index contributed by atoms with van der Waals surface area (Å²) in [6, 6.07) is 6.02. The molecule has 10 heteroatoms. The van der Waals surface area contributed by atoms with Crippen molar-refractivity contribution in [1.29, 1.82) is 0 Å². The number of nitrogens with one attached hydrogen (secondary N) is 2. The number of aromatic amines is 1. The van der Waals surface area contributed by atoms with Gasteiger partial charge >= 0.3 is 6.01 Å². The second kappa shape index (κ2) is 8.75. The Hall–Kier alpha value is -3.27. The van der Waals surface area contributed by atoms with Gasteiger partial charge in [0.25, 0.3) is 5.91 Å². The number of H-pyrrole nitrogens is 1. The van der Waals surface area contributed by atoms with Crippen molar-refractivity contribution < 1.29 is 14.3 Å². The molecule has 4 heterocycles. The Kier molecular flexibility index (Phi) is 5.55. The van der Waals surface area contributed by atoms with Crippen LogP contribution in [0.2, 0.25) is 0 Å². The predicted molar refractivity (Wildman–Crippen MR) is 130 cm³/mol. The van der Waals surface area contributed by atoms with E-state index >= 15 is 0 Å². The summed E-state index contributed by atoms with van der Waals surface area (Å²) in [6.45, 7) is 3.92. The molecule has 7 rings (SSSR count). The van der Waals surface area contributed by atoms with E-state index in [9.17, 15) is 4.79 Å². The highest BCUT2D eigenvalue weighted by Gasteiger charge is 2.57. The highest BCUT2D eigenvalue weighted by atomic mass is 16.5. The number of piperidine rings is 1. The Balaban J connectivity index is 1.20. The molecular weight excluding hydrogens is 446 g/mol. The third-order valence-corrected chi connectivity index (χ3v) is 7.62. The fraction of sp³-hybridized carbons (Fsp3) is 0.560. The van der Waals surface area contributed by atoms with Gasteiger partial charge in [-0.1, -0.05) is 0 Å². The minimum Gasteiger partial charge on any atom is -0.458 e.